The van der Waals surface area contributed by atoms with E-state index in [9.17, 15) is 0 Å². The Balaban J connectivity index is 1.93. The Morgan fingerprint density at radius 3 is 0.515 bits per heavy atom. The maximum Gasteiger partial charge on any atom is 0.161 e. The molecule has 0 unspecified atom stereocenters. The highest BCUT2D eigenvalue weighted by atomic mass is 16.5. The highest BCUT2D eigenvalue weighted by molar-refractivity contribution is 6.26. The van der Waals surface area contributed by atoms with Gasteiger partial charge >= 0.3 is 0 Å². The van der Waals surface area contributed by atoms with E-state index in [1.54, 1.807) is 0 Å². The maximum absolute atomic E-state index is 6.67. The summed E-state index contributed by atoms with van der Waals surface area (Å²) < 4.78 is 40.0. The molecule has 4 rings (SSSR count). The second-order valence-corrected chi connectivity index (χ2v) is 17.5. The van der Waals surface area contributed by atoms with Crippen LogP contribution >= 0.6 is 0 Å². The van der Waals surface area contributed by atoms with Gasteiger partial charge in [-0.2, -0.15) is 0 Å². The molecule has 6 heteroatoms. The quantitative estimate of drug-likeness (QED) is 0.0251. The number of unbranched alkanes of at least 4 members (excludes halogenated alkanes) is 18. The largest absolute Gasteiger partial charge is 0.490 e. The van der Waals surface area contributed by atoms with Crippen molar-refractivity contribution in [1.29, 1.82) is 0 Å². The molecule has 4 aromatic carbocycles. The van der Waals surface area contributed by atoms with Crippen LogP contribution in [-0.2, 0) is 0 Å². The van der Waals surface area contributed by atoms with E-state index in [1.165, 1.54) is 0 Å². The summed E-state index contributed by atoms with van der Waals surface area (Å²) in [4.78, 5) is 0. The van der Waals surface area contributed by atoms with Crippen molar-refractivity contribution in [1.82, 2.24) is 0 Å². The average molecular weight is 901 g/mol. The van der Waals surface area contributed by atoms with Crippen LogP contribution in [-0.4, -0.2) is 39.6 Å². The molecule has 0 bridgehead atoms. The first-order valence-corrected chi connectivity index (χ1v) is 25.6. The van der Waals surface area contributed by atoms with Crippen LogP contribution in [0.3, 0.4) is 0 Å². The summed E-state index contributed by atoms with van der Waals surface area (Å²) in [5.41, 5.74) is 0. The number of fused-ring (bicyclic) bond motifs is 6. The topological polar surface area (TPSA) is 55.4 Å². The standard InChI is InChI=1S/C60H84O6/c1-7-13-19-25-31-37-61-55-43-49-50(44-56(55)62-38-32-26-20-14-8-2)52-46-58(64-40-34-28-22-16-10-4)60(66-42-36-30-24-18-12-6)48-54(52)53-47-59(65-41-35-29-23-17-11-5)57(45-51(49)53)63-39-33-27-21-15-9-3/h7-12,43-48H,1-6,13-42H2. The molecular weight excluding hydrogens is 817 g/mol. The normalized spacial score (nSPS) is 11.1. The van der Waals surface area contributed by atoms with Crippen molar-refractivity contribution < 1.29 is 28.4 Å². The second-order valence-electron chi connectivity index (χ2n) is 17.5. The fraction of sp³-hybridized carbons (Fsp3) is 0.500. The second kappa shape index (κ2) is 33.4. The third-order valence-corrected chi connectivity index (χ3v) is 12.0. The Morgan fingerprint density at radius 1 is 0.227 bits per heavy atom. The van der Waals surface area contributed by atoms with Crippen LogP contribution in [0.1, 0.15) is 154 Å². The lowest BCUT2D eigenvalue weighted by Gasteiger charge is -2.21. The maximum atomic E-state index is 6.67. The van der Waals surface area contributed by atoms with Crippen molar-refractivity contribution in [3.63, 3.8) is 0 Å². The van der Waals surface area contributed by atoms with Gasteiger partial charge in [-0.1, -0.05) is 36.5 Å². The van der Waals surface area contributed by atoms with Crippen LogP contribution < -0.4 is 28.4 Å². The summed E-state index contributed by atoms with van der Waals surface area (Å²) in [6.45, 7) is 27.1. The molecule has 4 aromatic rings. The van der Waals surface area contributed by atoms with E-state index in [0.717, 1.165) is 221 Å². The van der Waals surface area contributed by atoms with E-state index in [1.807, 2.05) is 36.5 Å². The first-order chi connectivity index (χ1) is 32.6. The van der Waals surface area contributed by atoms with Crippen LogP contribution in [0.4, 0.5) is 0 Å². The monoisotopic (exact) mass is 901 g/mol. The lowest BCUT2D eigenvalue weighted by molar-refractivity contribution is 0.259. The first kappa shape index (κ1) is 53.5. The molecule has 0 saturated heterocycles. The van der Waals surface area contributed by atoms with Gasteiger partial charge in [-0.05, 0) is 223 Å². The smallest absolute Gasteiger partial charge is 0.161 e. The van der Waals surface area contributed by atoms with E-state index in [4.69, 9.17) is 28.4 Å². The third-order valence-electron chi connectivity index (χ3n) is 12.0. The number of rotatable bonds is 42. The molecule has 0 N–H and O–H groups in total. The molecule has 0 aliphatic rings. The molecular formula is C60H84O6. The van der Waals surface area contributed by atoms with Gasteiger partial charge in [-0.15, -0.1) is 39.5 Å². The lowest BCUT2D eigenvalue weighted by Crippen LogP contribution is -2.05. The molecule has 0 atom stereocenters. The van der Waals surface area contributed by atoms with E-state index >= 15 is 0 Å². The van der Waals surface area contributed by atoms with Crippen molar-refractivity contribution in [2.75, 3.05) is 39.6 Å². The molecule has 66 heavy (non-hydrogen) atoms. The minimum absolute atomic E-state index is 0.605. The van der Waals surface area contributed by atoms with Gasteiger partial charge in [0.15, 0.2) is 34.5 Å². The SMILES string of the molecule is C=CCCCCCOc1cc2c3cc(OCCCCCC=C)c(OCCCCCC=C)cc3c3cc(OCCCCCC=C)c(OCCCCCC=C)cc3c2cc1OCCCCCC=C. The zero-order chi connectivity index (χ0) is 46.9. The number of ether oxygens (including phenoxy) is 6. The number of allylic oxidation sites excluding steroid dienone is 6. The molecule has 6 nitrogen and oxygen atoms in total. The average Bonchev–Trinajstić information content (AvgIpc) is 3.33. The molecule has 0 aliphatic carbocycles. The van der Waals surface area contributed by atoms with Crippen LogP contribution in [0.25, 0.3) is 32.3 Å². The molecule has 0 amide bonds. The summed E-state index contributed by atoms with van der Waals surface area (Å²) in [6, 6.07) is 13.2. The van der Waals surface area contributed by atoms with Crippen molar-refractivity contribution in [2.24, 2.45) is 0 Å². The van der Waals surface area contributed by atoms with Gasteiger partial charge in [0.05, 0.1) is 39.6 Å². The van der Waals surface area contributed by atoms with E-state index in [0.29, 0.717) is 39.6 Å². The Labute approximate surface area is 399 Å². The Morgan fingerprint density at radius 2 is 0.379 bits per heavy atom. The van der Waals surface area contributed by atoms with Crippen LogP contribution in [0.5, 0.6) is 34.5 Å². The molecule has 0 spiro atoms. The van der Waals surface area contributed by atoms with Gasteiger partial charge in [0.25, 0.3) is 0 Å². The Hall–Kier alpha value is -5.10. The van der Waals surface area contributed by atoms with Crippen molar-refractivity contribution in [3.05, 3.63) is 112 Å². The number of benzene rings is 4. The lowest BCUT2D eigenvalue weighted by atomic mass is 9.93. The minimum Gasteiger partial charge on any atom is -0.490 e. The van der Waals surface area contributed by atoms with Crippen molar-refractivity contribution in [2.45, 2.75) is 154 Å². The summed E-state index contributed by atoms with van der Waals surface area (Å²) >= 11 is 0. The predicted molar refractivity (Wildman–Crippen MR) is 284 cm³/mol. The highest BCUT2D eigenvalue weighted by Gasteiger charge is 2.21. The van der Waals surface area contributed by atoms with Crippen LogP contribution in [0, 0.1) is 0 Å². The van der Waals surface area contributed by atoms with Crippen LogP contribution in [0.15, 0.2) is 112 Å². The summed E-state index contributed by atoms with van der Waals surface area (Å²) in [7, 11) is 0. The zero-order valence-corrected chi connectivity index (χ0v) is 40.8. The number of hydrogen-bond acceptors (Lipinski definition) is 6. The summed E-state index contributed by atoms with van der Waals surface area (Å²) in [5, 5.41) is 6.39. The molecule has 0 radical (unpaired) electrons. The Bertz CT molecular complexity index is 1660. The van der Waals surface area contributed by atoms with Gasteiger partial charge < -0.3 is 28.4 Å². The number of hydrogen-bond donors (Lipinski definition) is 0. The van der Waals surface area contributed by atoms with E-state index in [-0.39, 0.29) is 0 Å². The molecule has 360 valence electrons. The van der Waals surface area contributed by atoms with Crippen molar-refractivity contribution in [3.8, 4) is 34.5 Å². The van der Waals surface area contributed by atoms with Gasteiger partial charge in [0.2, 0.25) is 0 Å². The first-order valence-electron chi connectivity index (χ1n) is 25.6. The predicted octanol–water partition coefficient (Wildman–Crippen LogP) is 17.9. The van der Waals surface area contributed by atoms with Gasteiger partial charge in [0.1, 0.15) is 0 Å². The summed E-state index contributed by atoms with van der Waals surface area (Å²) in [5.74, 6) is 4.56. The fourth-order valence-corrected chi connectivity index (χ4v) is 8.19. The van der Waals surface area contributed by atoms with Gasteiger partial charge in [0, 0.05) is 0 Å². The summed E-state index contributed by atoms with van der Waals surface area (Å²) in [6.07, 6.45) is 36.8. The zero-order valence-electron chi connectivity index (χ0n) is 40.8. The third kappa shape index (κ3) is 18.6. The fourth-order valence-electron chi connectivity index (χ4n) is 8.19. The van der Waals surface area contributed by atoms with Gasteiger partial charge in [-0.25, -0.2) is 0 Å². The molecule has 0 heterocycles. The van der Waals surface area contributed by atoms with Crippen LogP contribution in [0.2, 0.25) is 0 Å². The highest BCUT2D eigenvalue weighted by Crippen LogP contribution is 2.47. The van der Waals surface area contributed by atoms with E-state index < -0.39 is 0 Å². The molecule has 0 fully saturated rings. The molecule has 0 aromatic heterocycles. The molecule has 0 saturated carbocycles. The molecule has 0 aliphatic heterocycles. The van der Waals surface area contributed by atoms with Crippen molar-refractivity contribution >= 4 is 32.3 Å². The minimum atomic E-state index is 0.605. The Kier molecular flexibility index (Phi) is 27.1. The van der Waals surface area contributed by atoms with Gasteiger partial charge in [-0.3, -0.25) is 0 Å². The van der Waals surface area contributed by atoms with E-state index in [2.05, 4.69) is 75.9 Å².